The first-order valence-electron chi connectivity index (χ1n) is 5.85. The molecule has 0 saturated heterocycles. The molecule has 0 amide bonds. The molecule has 0 aliphatic heterocycles. The highest BCUT2D eigenvalue weighted by Crippen LogP contribution is 2.18. The first-order valence-corrected chi connectivity index (χ1v) is 7.16. The van der Waals surface area contributed by atoms with Gasteiger partial charge in [-0.15, -0.1) is 0 Å². The molecule has 4 nitrogen and oxygen atoms in total. The first kappa shape index (κ1) is 12.8. The van der Waals surface area contributed by atoms with E-state index in [9.17, 15) is 4.21 Å². The van der Waals surface area contributed by atoms with E-state index >= 15 is 0 Å². The normalized spacial score (nSPS) is 12.8. The van der Waals surface area contributed by atoms with Gasteiger partial charge >= 0.3 is 0 Å². The molecule has 18 heavy (non-hydrogen) atoms. The van der Waals surface area contributed by atoms with Crippen molar-refractivity contribution in [3.05, 3.63) is 42.2 Å². The molecule has 1 atom stereocenters. The van der Waals surface area contributed by atoms with Crippen LogP contribution in [0.25, 0.3) is 0 Å². The van der Waals surface area contributed by atoms with Crippen LogP contribution in [0.3, 0.4) is 0 Å². The summed E-state index contributed by atoms with van der Waals surface area (Å²) in [6.45, 7) is 4.12. The average molecular weight is 263 g/mol. The molecule has 1 unspecified atom stereocenters. The van der Waals surface area contributed by atoms with Gasteiger partial charge in [-0.1, -0.05) is 12.1 Å². The summed E-state index contributed by atoms with van der Waals surface area (Å²) in [5, 5.41) is 4.39. The number of aromatic nitrogens is 2. The molecule has 2 aromatic rings. The third-order valence-corrected chi connectivity index (χ3v) is 4.06. The summed E-state index contributed by atoms with van der Waals surface area (Å²) in [6.07, 6.45) is 1.91. The van der Waals surface area contributed by atoms with Crippen molar-refractivity contribution in [2.24, 2.45) is 0 Å². The molecule has 0 radical (unpaired) electrons. The van der Waals surface area contributed by atoms with Crippen molar-refractivity contribution in [1.29, 1.82) is 0 Å². The van der Waals surface area contributed by atoms with Crippen molar-refractivity contribution in [2.75, 3.05) is 5.73 Å². The molecule has 0 spiro atoms. The van der Waals surface area contributed by atoms with Gasteiger partial charge in [0.1, 0.15) is 0 Å². The topological polar surface area (TPSA) is 60.9 Å². The monoisotopic (exact) mass is 263 g/mol. The molecule has 96 valence electrons. The molecule has 0 aliphatic carbocycles. The van der Waals surface area contributed by atoms with Crippen molar-refractivity contribution in [3.63, 3.8) is 0 Å². The molecule has 0 fully saturated rings. The molecule has 0 saturated carbocycles. The smallest absolute Gasteiger partial charge is 0.0753 e. The Morgan fingerprint density at radius 1 is 1.33 bits per heavy atom. The maximum absolute atomic E-state index is 12.2. The van der Waals surface area contributed by atoms with Crippen molar-refractivity contribution in [2.45, 2.75) is 30.5 Å². The lowest BCUT2D eigenvalue weighted by Crippen LogP contribution is -2.04. The van der Waals surface area contributed by atoms with Crippen molar-refractivity contribution in [1.82, 2.24) is 9.78 Å². The highest BCUT2D eigenvalue weighted by molar-refractivity contribution is 7.84. The molecule has 1 heterocycles. The van der Waals surface area contributed by atoms with Crippen molar-refractivity contribution >= 4 is 16.5 Å². The number of nitrogen functional groups attached to an aromatic ring is 1. The lowest BCUT2D eigenvalue weighted by atomic mass is 10.3. The van der Waals surface area contributed by atoms with Crippen LogP contribution in [0.5, 0.6) is 0 Å². The third kappa shape index (κ3) is 2.79. The summed E-state index contributed by atoms with van der Waals surface area (Å²) < 4.78 is 14.1. The Hall–Kier alpha value is -1.62. The van der Waals surface area contributed by atoms with Gasteiger partial charge in [-0.25, -0.2) is 0 Å². The minimum atomic E-state index is -1.15. The Bertz CT molecular complexity index is 563. The summed E-state index contributed by atoms with van der Waals surface area (Å²) in [4.78, 5) is 0.677. The molecular weight excluding hydrogens is 246 g/mol. The van der Waals surface area contributed by atoms with Gasteiger partial charge in [0.15, 0.2) is 0 Å². The largest absolute Gasteiger partial charge is 0.398 e. The van der Waals surface area contributed by atoms with Gasteiger partial charge in [0.25, 0.3) is 0 Å². The highest BCUT2D eigenvalue weighted by atomic mass is 32.2. The SMILES string of the molecule is CC(C)n1ccc(CS(=O)c2ccccc2N)n1. The Labute approximate surface area is 109 Å². The minimum absolute atomic E-state index is 0.314. The lowest BCUT2D eigenvalue weighted by molar-refractivity contribution is 0.528. The predicted molar refractivity (Wildman–Crippen MR) is 73.6 cm³/mol. The van der Waals surface area contributed by atoms with E-state index in [-0.39, 0.29) is 0 Å². The molecule has 2 rings (SSSR count). The number of benzene rings is 1. The second kappa shape index (κ2) is 5.35. The van der Waals surface area contributed by atoms with Crippen LogP contribution in [0.1, 0.15) is 25.6 Å². The maximum Gasteiger partial charge on any atom is 0.0753 e. The van der Waals surface area contributed by atoms with Crippen LogP contribution >= 0.6 is 0 Å². The van der Waals surface area contributed by atoms with Crippen LogP contribution in [0.2, 0.25) is 0 Å². The van der Waals surface area contributed by atoms with E-state index in [1.165, 1.54) is 0 Å². The summed E-state index contributed by atoms with van der Waals surface area (Å²) >= 11 is 0. The van der Waals surface area contributed by atoms with Gasteiger partial charge in [0.05, 0.1) is 27.1 Å². The summed E-state index contributed by atoms with van der Waals surface area (Å²) in [7, 11) is -1.15. The third-order valence-electron chi connectivity index (χ3n) is 2.64. The Morgan fingerprint density at radius 2 is 2.06 bits per heavy atom. The molecule has 2 N–H and O–H groups in total. The minimum Gasteiger partial charge on any atom is -0.398 e. The number of hydrogen-bond acceptors (Lipinski definition) is 3. The van der Waals surface area contributed by atoms with Gasteiger partial charge in [-0.2, -0.15) is 5.10 Å². The average Bonchev–Trinajstić information content (AvgIpc) is 2.78. The van der Waals surface area contributed by atoms with Gasteiger partial charge in [-0.05, 0) is 32.0 Å². The van der Waals surface area contributed by atoms with E-state index in [4.69, 9.17) is 5.73 Å². The molecule has 0 aliphatic rings. The van der Waals surface area contributed by atoms with E-state index in [2.05, 4.69) is 18.9 Å². The van der Waals surface area contributed by atoms with Crippen LogP contribution in [0, 0.1) is 0 Å². The van der Waals surface area contributed by atoms with Crippen LogP contribution in [-0.2, 0) is 16.6 Å². The molecule has 1 aromatic heterocycles. The van der Waals surface area contributed by atoms with Gasteiger partial charge in [0.2, 0.25) is 0 Å². The predicted octanol–water partition coefficient (Wildman–Crippen LogP) is 2.35. The van der Waals surface area contributed by atoms with Crippen LogP contribution in [-0.4, -0.2) is 14.0 Å². The summed E-state index contributed by atoms with van der Waals surface area (Å²) in [6, 6.07) is 9.45. The fourth-order valence-electron chi connectivity index (χ4n) is 1.64. The number of para-hydroxylation sites is 1. The number of anilines is 1. The lowest BCUT2D eigenvalue weighted by Gasteiger charge is -2.05. The number of rotatable bonds is 4. The highest BCUT2D eigenvalue weighted by Gasteiger charge is 2.10. The fourth-order valence-corrected chi connectivity index (χ4v) is 2.78. The van der Waals surface area contributed by atoms with E-state index in [1.54, 1.807) is 12.1 Å². The quantitative estimate of drug-likeness (QED) is 0.861. The molecule has 5 heteroatoms. The first-order chi connectivity index (χ1) is 8.58. The van der Waals surface area contributed by atoms with Crippen LogP contribution < -0.4 is 5.73 Å². The van der Waals surface area contributed by atoms with Gasteiger partial charge in [0, 0.05) is 17.9 Å². The zero-order valence-corrected chi connectivity index (χ0v) is 11.4. The second-order valence-corrected chi connectivity index (χ2v) is 5.83. The summed E-state index contributed by atoms with van der Waals surface area (Å²) in [5.41, 5.74) is 7.20. The van der Waals surface area contributed by atoms with E-state index in [0.717, 1.165) is 5.69 Å². The Balaban J connectivity index is 2.14. The number of nitrogens with zero attached hydrogens (tertiary/aromatic N) is 2. The van der Waals surface area contributed by atoms with Crippen molar-refractivity contribution < 1.29 is 4.21 Å². The molecular formula is C13H17N3OS. The van der Waals surface area contributed by atoms with E-state index in [0.29, 0.717) is 22.4 Å². The Morgan fingerprint density at radius 3 is 2.67 bits per heavy atom. The zero-order valence-electron chi connectivity index (χ0n) is 10.5. The number of hydrogen-bond donors (Lipinski definition) is 1. The molecule has 1 aromatic carbocycles. The van der Waals surface area contributed by atoms with E-state index < -0.39 is 10.8 Å². The van der Waals surface area contributed by atoms with E-state index in [1.807, 2.05) is 29.1 Å². The maximum atomic E-state index is 12.2. The van der Waals surface area contributed by atoms with Crippen LogP contribution in [0.4, 0.5) is 5.69 Å². The fraction of sp³-hybridized carbons (Fsp3) is 0.308. The summed E-state index contributed by atoms with van der Waals surface area (Å²) in [5.74, 6) is 0.397. The Kier molecular flexibility index (Phi) is 3.81. The zero-order chi connectivity index (χ0) is 13.1. The van der Waals surface area contributed by atoms with Gasteiger partial charge in [-0.3, -0.25) is 8.89 Å². The molecule has 0 bridgehead atoms. The number of nitrogens with two attached hydrogens (primary N) is 1. The van der Waals surface area contributed by atoms with Crippen LogP contribution in [0.15, 0.2) is 41.4 Å². The van der Waals surface area contributed by atoms with Gasteiger partial charge < -0.3 is 5.73 Å². The standard InChI is InChI=1S/C13H17N3OS/c1-10(2)16-8-7-11(15-16)9-18(17)13-6-4-3-5-12(13)14/h3-8,10H,9,14H2,1-2H3. The second-order valence-electron chi connectivity index (χ2n) is 4.41. The van der Waals surface area contributed by atoms with Crippen molar-refractivity contribution in [3.8, 4) is 0 Å².